The molecule has 1 heterocycles. The third-order valence-corrected chi connectivity index (χ3v) is 2.87. The molecule has 94 valence electrons. The van der Waals surface area contributed by atoms with Crippen LogP contribution in [0.3, 0.4) is 0 Å². The summed E-state index contributed by atoms with van der Waals surface area (Å²) in [6.07, 6.45) is -0.318. The summed E-state index contributed by atoms with van der Waals surface area (Å²) in [5.74, 6) is -0.131. The van der Waals surface area contributed by atoms with Crippen LogP contribution < -0.4 is 0 Å². The van der Waals surface area contributed by atoms with Crippen LogP contribution in [0.25, 0.3) is 0 Å². The third-order valence-electron chi connectivity index (χ3n) is 2.87. The number of hydrogen-bond donors (Lipinski definition) is 1. The topological polar surface area (TPSA) is 73.6 Å². The summed E-state index contributed by atoms with van der Waals surface area (Å²) in [6, 6.07) is 8.62. The van der Waals surface area contributed by atoms with Gasteiger partial charge in [-0.15, -0.1) is 0 Å². The molecule has 0 spiro atoms. The van der Waals surface area contributed by atoms with Crippen LogP contribution in [0, 0.1) is 11.3 Å². The van der Waals surface area contributed by atoms with Crippen LogP contribution in [-0.2, 0) is 4.74 Å². The molecule has 1 N–H and O–H groups in total. The number of carbonyl (C=O) groups is 1. The number of hydrogen-bond acceptors (Lipinski definition) is 4. The third kappa shape index (κ3) is 2.67. The Morgan fingerprint density at radius 2 is 2.44 bits per heavy atom. The van der Waals surface area contributed by atoms with Gasteiger partial charge in [-0.3, -0.25) is 4.79 Å². The fourth-order valence-corrected chi connectivity index (χ4v) is 1.92. The van der Waals surface area contributed by atoms with E-state index in [4.69, 9.17) is 15.1 Å². The molecule has 0 aromatic heterocycles. The largest absolute Gasteiger partial charge is 0.394 e. The summed E-state index contributed by atoms with van der Waals surface area (Å²) < 4.78 is 5.29. The number of morpholine rings is 1. The van der Waals surface area contributed by atoms with Gasteiger partial charge in [-0.1, -0.05) is 6.07 Å². The highest BCUT2D eigenvalue weighted by atomic mass is 16.5. The van der Waals surface area contributed by atoms with E-state index in [9.17, 15) is 4.79 Å². The lowest BCUT2D eigenvalue weighted by molar-refractivity contribution is -0.0447. The number of nitriles is 1. The Morgan fingerprint density at radius 1 is 1.61 bits per heavy atom. The fraction of sp³-hybridized carbons (Fsp3) is 0.385. The second kappa shape index (κ2) is 5.63. The molecule has 0 saturated carbocycles. The van der Waals surface area contributed by atoms with Gasteiger partial charge in [-0.25, -0.2) is 0 Å². The van der Waals surface area contributed by atoms with Gasteiger partial charge in [-0.05, 0) is 18.2 Å². The van der Waals surface area contributed by atoms with Crippen molar-refractivity contribution in [2.45, 2.75) is 6.10 Å². The standard InChI is InChI=1S/C13H14N2O3/c14-7-10-2-1-3-11(6-10)13(17)15-4-5-18-12(8-15)9-16/h1-3,6,12,16H,4-5,8-9H2. The Morgan fingerprint density at radius 3 is 3.17 bits per heavy atom. The van der Waals surface area contributed by atoms with Crippen molar-refractivity contribution in [3.8, 4) is 6.07 Å². The average molecular weight is 246 g/mol. The highest BCUT2D eigenvalue weighted by Gasteiger charge is 2.24. The molecule has 1 saturated heterocycles. The first-order valence-corrected chi connectivity index (χ1v) is 5.76. The number of aliphatic hydroxyl groups is 1. The summed E-state index contributed by atoms with van der Waals surface area (Å²) in [4.78, 5) is 13.8. The van der Waals surface area contributed by atoms with Crippen LogP contribution in [0.4, 0.5) is 0 Å². The molecule has 0 bridgehead atoms. The van der Waals surface area contributed by atoms with Crippen LogP contribution in [0.5, 0.6) is 0 Å². The number of ether oxygens (including phenoxy) is 1. The van der Waals surface area contributed by atoms with Gasteiger partial charge in [0.05, 0.1) is 31.0 Å². The lowest BCUT2D eigenvalue weighted by Crippen LogP contribution is -2.46. The van der Waals surface area contributed by atoms with Crippen LogP contribution >= 0.6 is 0 Å². The molecule has 1 aliphatic rings. The van der Waals surface area contributed by atoms with E-state index in [1.165, 1.54) is 0 Å². The van der Waals surface area contributed by atoms with Gasteiger partial charge in [0.2, 0.25) is 0 Å². The quantitative estimate of drug-likeness (QED) is 0.819. The molecular formula is C13H14N2O3. The number of nitrogens with zero attached hydrogens (tertiary/aromatic N) is 2. The molecule has 1 fully saturated rings. The first-order valence-electron chi connectivity index (χ1n) is 5.76. The Kier molecular flexibility index (Phi) is 3.92. The van der Waals surface area contributed by atoms with E-state index in [2.05, 4.69) is 0 Å². The van der Waals surface area contributed by atoms with E-state index in [-0.39, 0.29) is 18.6 Å². The van der Waals surface area contributed by atoms with Crippen molar-refractivity contribution in [1.29, 1.82) is 5.26 Å². The maximum absolute atomic E-state index is 12.2. The zero-order chi connectivity index (χ0) is 13.0. The summed E-state index contributed by atoms with van der Waals surface area (Å²) in [5.41, 5.74) is 0.959. The Balaban J connectivity index is 2.13. The van der Waals surface area contributed by atoms with Crippen LogP contribution in [0.1, 0.15) is 15.9 Å². The lowest BCUT2D eigenvalue weighted by Gasteiger charge is -2.32. The van der Waals surface area contributed by atoms with Gasteiger partial charge in [-0.2, -0.15) is 5.26 Å². The van der Waals surface area contributed by atoms with Crippen LogP contribution in [0.15, 0.2) is 24.3 Å². The molecule has 5 nitrogen and oxygen atoms in total. The van der Waals surface area contributed by atoms with Gasteiger partial charge in [0, 0.05) is 18.7 Å². The average Bonchev–Trinajstić information content (AvgIpc) is 2.46. The summed E-state index contributed by atoms with van der Waals surface area (Å²) in [5, 5.41) is 17.8. The smallest absolute Gasteiger partial charge is 0.254 e. The Labute approximate surface area is 105 Å². The summed E-state index contributed by atoms with van der Waals surface area (Å²) in [6.45, 7) is 1.22. The van der Waals surface area contributed by atoms with Crippen molar-refractivity contribution < 1.29 is 14.6 Å². The molecule has 0 aliphatic carbocycles. The summed E-state index contributed by atoms with van der Waals surface area (Å²) >= 11 is 0. The fourth-order valence-electron chi connectivity index (χ4n) is 1.92. The molecule has 18 heavy (non-hydrogen) atoms. The van der Waals surface area contributed by atoms with E-state index in [0.717, 1.165) is 0 Å². The van der Waals surface area contributed by atoms with E-state index in [1.807, 2.05) is 6.07 Å². The van der Waals surface area contributed by atoms with Gasteiger partial charge in [0.1, 0.15) is 0 Å². The van der Waals surface area contributed by atoms with Crippen LogP contribution in [0.2, 0.25) is 0 Å². The number of aliphatic hydroxyl groups excluding tert-OH is 1. The summed E-state index contributed by atoms with van der Waals surface area (Å²) in [7, 11) is 0. The zero-order valence-electron chi connectivity index (χ0n) is 9.87. The van der Waals surface area contributed by atoms with Gasteiger partial charge >= 0.3 is 0 Å². The second-order valence-corrected chi connectivity index (χ2v) is 4.12. The van der Waals surface area contributed by atoms with E-state index in [1.54, 1.807) is 29.2 Å². The maximum Gasteiger partial charge on any atom is 0.254 e. The van der Waals surface area contributed by atoms with Crippen molar-refractivity contribution in [2.24, 2.45) is 0 Å². The SMILES string of the molecule is N#Cc1cccc(C(=O)N2CCOC(CO)C2)c1. The number of amides is 1. The predicted octanol–water partition coefficient (Wildman–Crippen LogP) is 0.392. The zero-order valence-corrected chi connectivity index (χ0v) is 9.87. The monoisotopic (exact) mass is 246 g/mol. The highest BCUT2D eigenvalue weighted by molar-refractivity contribution is 5.94. The number of carbonyl (C=O) groups excluding carboxylic acids is 1. The molecule has 2 rings (SSSR count). The molecule has 1 aromatic rings. The Bertz CT molecular complexity index is 481. The minimum Gasteiger partial charge on any atom is -0.394 e. The predicted molar refractivity (Wildman–Crippen MR) is 63.9 cm³/mol. The molecule has 0 radical (unpaired) electrons. The molecule has 1 aliphatic heterocycles. The minimum absolute atomic E-state index is 0.0952. The first kappa shape index (κ1) is 12.6. The normalized spacial score (nSPS) is 19.3. The molecule has 1 unspecified atom stereocenters. The van der Waals surface area contributed by atoms with Gasteiger partial charge in [0.25, 0.3) is 5.91 Å². The number of benzene rings is 1. The van der Waals surface area contributed by atoms with Crippen molar-refractivity contribution in [1.82, 2.24) is 4.90 Å². The molecule has 5 heteroatoms. The van der Waals surface area contributed by atoms with Crippen LogP contribution in [-0.4, -0.2) is 48.3 Å². The Hall–Kier alpha value is -1.90. The number of rotatable bonds is 2. The van der Waals surface area contributed by atoms with E-state index >= 15 is 0 Å². The molecular weight excluding hydrogens is 232 g/mol. The molecule has 1 aromatic carbocycles. The first-order chi connectivity index (χ1) is 8.74. The van der Waals surface area contributed by atoms with Crippen molar-refractivity contribution in [3.05, 3.63) is 35.4 Å². The minimum atomic E-state index is -0.318. The second-order valence-electron chi connectivity index (χ2n) is 4.12. The van der Waals surface area contributed by atoms with E-state index < -0.39 is 0 Å². The van der Waals surface area contributed by atoms with Gasteiger partial charge < -0.3 is 14.7 Å². The van der Waals surface area contributed by atoms with Crippen molar-refractivity contribution in [3.63, 3.8) is 0 Å². The van der Waals surface area contributed by atoms with E-state index in [0.29, 0.717) is 30.8 Å². The lowest BCUT2D eigenvalue weighted by atomic mass is 10.1. The van der Waals surface area contributed by atoms with Crippen molar-refractivity contribution >= 4 is 5.91 Å². The highest BCUT2D eigenvalue weighted by Crippen LogP contribution is 2.12. The molecule has 1 atom stereocenters. The van der Waals surface area contributed by atoms with Crippen molar-refractivity contribution in [2.75, 3.05) is 26.3 Å². The molecule has 1 amide bonds. The maximum atomic E-state index is 12.2. The van der Waals surface area contributed by atoms with Gasteiger partial charge in [0.15, 0.2) is 0 Å².